The van der Waals surface area contributed by atoms with Crippen molar-refractivity contribution in [2.45, 2.75) is 33.4 Å². The highest BCUT2D eigenvalue weighted by atomic mass is 32.1. The molecule has 0 aliphatic heterocycles. The van der Waals surface area contributed by atoms with Crippen LogP contribution < -0.4 is 10.6 Å². The molecular weight excluding hydrogens is 394 g/mol. The molecule has 6 nitrogen and oxygen atoms in total. The summed E-state index contributed by atoms with van der Waals surface area (Å²) in [7, 11) is 0. The Morgan fingerprint density at radius 3 is 2.67 bits per heavy atom. The number of hydrogen-bond donors (Lipinski definition) is 3. The Morgan fingerprint density at radius 2 is 1.97 bits per heavy atom. The summed E-state index contributed by atoms with van der Waals surface area (Å²) in [6.45, 7) is 5.16. The number of aryl methyl sites for hydroxylation is 2. The zero-order chi connectivity index (χ0) is 21.3. The van der Waals surface area contributed by atoms with E-state index in [0.29, 0.717) is 27.8 Å². The van der Waals surface area contributed by atoms with Gasteiger partial charge in [0.05, 0.1) is 17.6 Å². The third kappa shape index (κ3) is 5.92. The molecule has 4 N–H and O–H groups in total. The Bertz CT molecular complexity index is 1030. The number of allylic oxidation sites excluding steroid dienone is 1. The lowest BCUT2D eigenvalue weighted by Gasteiger charge is -2.03. The van der Waals surface area contributed by atoms with Gasteiger partial charge in [0.25, 0.3) is 5.91 Å². The molecule has 0 radical (unpaired) electrons. The number of nitrogens with zero attached hydrogens (tertiary/aromatic N) is 2. The Kier molecular flexibility index (Phi) is 7.59. The van der Waals surface area contributed by atoms with Gasteiger partial charge in [-0.25, -0.2) is 4.98 Å². The van der Waals surface area contributed by atoms with Gasteiger partial charge < -0.3 is 10.6 Å². The second-order valence-corrected chi connectivity index (χ2v) is 7.86. The maximum absolute atomic E-state index is 12.5. The number of carbonyl (C=O) groups is 1. The zero-order valence-electron chi connectivity index (χ0n) is 17.2. The fraction of sp³-hybridized carbons (Fsp3) is 0.217. The van der Waals surface area contributed by atoms with Crippen LogP contribution in [0.3, 0.4) is 0 Å². The lowest BCUT2D eigenvalue weighted by molar-refractivity contribution is -0.604. The van der Waals surface area contributed by atoms with E-state index in [4.69, 9.17) is 5.41 Å². The average Bonchev–Trinajstić information content (AvgIpc) is 3.18. The number of benzene rings is 1. The van der Waals surface area contributed by atoms with Crippen molar-refractivity contribution in [3.05, 3.63) is 93.3 Å². The highest BCUT2D eigenvalue weighted by molar-refractivity contribution is 7.15. The zero-order valence-corrected chi connectivity index (χ0v) is 18.0. The molecule has 30 heavy (non-hydrogen) atoms. The highest BCUT2D eigenvalue weighted by Gasteiger charge is 2.16. The van der Waals surface area contributed by atoms with Gasteiger partial charge in [-0.1, -0.05) is 37.3 Å². The molecule has 1 amide bonds. The second kappa shape index (κ2) is 10.6. The number of carbonyl (C=O) groups excluding carboxylic acids is 1. The topological polar surface area (TPSA) is 95.3 Å². The number of aromatic nitrogens is 2. The summed E-state index contributed by atoms with van der Waals surface area (Å²) >= 11 is 1.24. The minimum absolute atomic E-state index is 0.182. The molecule has 0 unspecified atom stereocenters. The van der Waals surface area contributed by atoms with Crippen LogP contribution in [-0.2, 0) is 19.5 Å². The molecule has 1 aromatic carbocycles. The average molecular weight is 421 g/mol. The molecule has 0 saturated carbocycles. The fourth-order valence-electron chi connectivity index (χ4n) is 2.84. The van der Waals surface area contributed by atoms with Gasteiger partial charge in [-0.15, -0.1) is 11.3 Å². The summed E-state index contributed by atoms with van der Waals surface area (Å²) in [5.74, 6) is -0.182. The maximum Gasteiger partial charge on any atom is 0.263 e. The van der Waals surface area contributed by atoms with Crippen LogP contribution in [0.4, 0.5) is 0 Å². The molecule has 0 aliphatic rings. The molecule has 3 rings (SSSR count). The fourth-order valence-corrected chi connectivity index (χ4v) is 3.75. The number of thiazole rings is 1. The Labute approximate surface area is 180 Å². The normalized spacial score (nSPS) is 11.0. The predicted octanol–water partition coefficient (Wildman–Crippen LogP) is 2.98. The number of rotatable bonds is 9. The SMILES string of the molecule is CCc1ccc(C[NH2+]C=CC(=N)c2nc(C)c(C(=O)NCc3cccnc3)s2)cc1. The van der Waals surface area contributed by atoms with Gasteiger partial charge in [0.1, 0.15) is 16.4 Å². The maximum atomic E-state index is 12.5. The summed E-state index contributed by atoms with van der Waals surface area (Å²) in [6.07, 6.45) is 8.05. The van der Waals surface area contributed by atoms with Crippen LogP contribution in [0, 0.1) is 12.3 Å². The van der Waals surface area contributed by atoms with E-state index in [0.717, 1.165) is 18.5 Å². The third-order valence-corrected chi connectivity index (χ3v) is 5.78. The van der Waals surface area contributed by atoms with Crippen molar-refractivity contribution in [2.24, 2.45) is 0 Å². The van der Waals surface area contributed by atoms with Gasteiger partial charge in [-0.05, 0) is 30.5 Å². The van der Waals surface area contributed by atoms with Gasteiger partial charge in [-0.2, -0.15) is 0 Å². The van der Waals surface area contributed by atoms with E-state index >= 15 is 0 Å². The van der Waals surface area contributed by atoms with Crippen molar-refractivity contribution in [1.82, 2.24) is 15.3 Å². The van der Waals surface area contributed by atoms with Crippen molar-refractivity contribution < 1.29 is 10.1 Å². The molecule has 0 aliphatic carbocycles. The van der Waals surface area contributed by atoms with Gasteiger partial charge in [0.15, 0.2) is 0 Å². The number of nitrogens with two attached hydrogens (primary N) is 1. The smallest absolute Gasteiger partial charge is 0.263 e. The summed E-state index contributed by atoms with van der Waals surface area (Å²) < 4.78 is 0. The van der Waals surface area contributed by atoms with Crippen LogP contribution in [-0.4, -0.2) is 21.6 Å². The van der Waals surface area contributed by atoms with Crippen molar-refractivity contribution in [3.8, 4) is 0 Å². The Hall–Kier alpha value is -3.16. The standard InChI is InChI=1S/C23H25N5OS/c1-3-17-6-8-18(9-7-17)13-26-12-10-20(24)23-28-16(2)21(30-23)22(29)27-15-19-5-4-11-25-14-19/h4-12,14,24,26H,3,13,15H2,1-2H3,(H,27,29)/p+1. The number of hydrogen-bond acceptors (Lipinski definition) is 5. The van der Waals surface area contributed by atoms with Crippen molar-refractivity contribution in [3.63, 3.8) is 0 Å². The van der Waals surface area contributed by atoms with Crippen LogP contribution in [0.2, 0.25) is 0 Å². The molecule has 0 atom stereocenters. The van der Waals surface area contributed by atoms with E-state index in [9.17, 15) is 4.79 Å². The molecule has 0 saturated heterocycles. The number of quaternary nitrogens is 1. The van der Waals surface area contributed by atoms with E-state index in [1.54, 1.807) is 25.4 Å². The first-order chi connectivity index (χ1) is 14.6. The van der Waals surface area contributed by atoms with Crippen LogP contribution in [0.5, 0.6) is 0 Å². The minimum atomic E-state index is -0.182. The molecule has 0 fully saturated rings. The third-order valence-electron chi connectivity index (χ3n) is 4.59. The van der Waals surface area contributed by atoms with Crippen molar-refractivity contribution in [1.29, 1.82) is 5.41 Å². The van der Waals surface area contributed by atoms with E-state index < -0.39 is 0 Å². The Balaban J connectivity index is 1.53. The quantitative estimate of drug-likeness (QED) is 0.465. The predicted molar refractivity (Wildman–Crippen MR) is 120 cm³/mol. The van der Waals surface area contributed by atoms with Crippen LogP contribution in [0.1, 0.15) is 44.0 Å². The molecule has 154 valence electrons. The molecule has 7 heteroatoms. The van der Waals surface area contributed by atoms with E-state index in [2.05, 4.69) is 46.5 Å². The molecule has 0 spiro atoms. The minimum Gasteiger partial charge on any atom is -0.347 e. The van der Waals surface area contributed by atoms with E-state index in [-0.39, 0.29) is 5.91 Å². The van der Waals surface area contributed by atoms with E-state index in [1.807, 2.05) is 23.6 Å². The van der Waals surface area contributed by atoms with Crippen molar-refractivity contribution >= 4 is 23.0 Å². The molecule has 2 aromatic heterocycles. The molecule has 0 bridgehead atoms. The first-order valence-electron chi connectivity index (χ1n) is 9.88. The summed E-state index contributed by atoms with van der Waals surface area (Å²) in [5, 5.41) is 13.7. The van der Waals surface area contributed by atoms with Crippen LogP contribution >= 0.6 is 11.3 Å². The number of nitrogens with one attached hydrogen (secondary N) is 2. The Morgan fingerprint density at radius 1 is 1.20 bits per heavy atom. The van der Waals surface area contributed by atoms with Crippen LogP contribution in [0.25, 0.3) is 0 Å². The number of amides is 1. The highest BCUT2D eigenvalue weighted by Crippen LogP contribution is 2.19. The largest absolute Gasteiger partial charge is 0.347 e. The van der Waals surface area contributed by atoms with Gasteiger partial charge >= 0.3 is 0 Å². The lowest BCUT2D eigenvalue weighted by Crippen LogP contribution is -2.76. The first kappa shape index (κ1) is 21.5. The summed E-state index contributed by atoms with van der Waals surface area (Å²) in [5.41, 5.74) is 4.43. The monoisotopic (exact) mass is 420 g/mol. The first-order valence-corrected chi connectivity index (χ1v) is 10.7. The second-order valence-electron chi connectivity index (χ2n) is 6.86. The summed E-state index contributed by atoms with van der Waals surface area (Å²) in [6, 6.07) is 12.3. The van der Waals surface area contributed by atoms with Gasteiger partial charge in [0, 0.05) is 30.6 Å². The summed E-state index contributed by atoms with van der Waals surface area (Å²) in [4.78, 5) is 21.5. The van der Waals surface area contributed by atoms with Crippen LogP contribution in [0.15, 0.2) is 61.1 Å². The van der Waals surface area contributed by atoms with Gasteiger partial charge in [0.2, 0.25) is 0 Å². The molecular formula is C23H26N5OS+. The molecule has 2 heterocycles. The van der Waals surface area contributed by atoms with Crippen molar-refractivity contribution in [2.75, 3.05) is 0 Å². The van der Waals surface area contributed by atoms with E-state index in [1.165, 1.54) is 22.5 Å². The van der Waals surface area contributed by atoms with Gasteiger partial charge in [-0.3, -0.25) is 15.2 Å². The number of pyridine rings is 1. The molecule has 3 aromatic rings. The lowest BCUT2D eigenvalue weighted by atomic mass is 10.1.